The maximum atomic E-state index is 12.1. The molecule has 0 saturated carbocycles. The first kappa shape index (κ1) is 19.0. The third kappa shape index (κ3) is 5.60. The molecule has 6 heteroatoms. The van der Waals surface area contributed by atoms with Crippen LogP contribution in [0.5, 0.6) is 0 Å². The summed E-state index contributed by atoms with van der Waals surface area (Å²) in [5.74, 6) is 1.63. The number of aliphatic hydroxyl groups excluding tert-OH is 1. The van der Waals surface area contributed by atoms with Gasteiger partial charge in [-0.25, -0.2) is 9.78 Å². The fraction of sp³-hybridized carbons (Fsp3) is 0.474. The molecule has 0 saturated heterocycles. The summed E-state index contributed by atoms with van der Waals surface area (Å²) in [6.45, 7) is 6.57. The third-order valence-electron chi connectivity index (χ3n) is 4.18. The van der Waals surface area contributed by atoms with Crippen molar-refractivity contribution in [2.45, 2.75) is 40.0 Å². The van der Waals surface area contributed by atoms with Crippen LogP contribution in [0, 0.1) is 19.8 Å². The van der Waals surface area contributed by atoms with Crippen molar-refractivity contribution in [1.82, 2.24) is 10.3 Å². The quantitative estimate of drug-likeness (QED) is 0.677. The van der Waals surface area contributed by atoms with Crippen LogP contribution in [0.15, 0.2) is 28.7 Å². The molecule has 0 radical (unpaired) electrons. The van der Waals surface area contributed by atoms with Crippen molar-refractivity contribution in [1.29, 1.82) is 0 Å². The molecule has 0 bridgehead atoms. The van der Waals surface area contributed by atoms with Gasteiger partial charge >= 0.3 is 6.03 Å². The molecule has 0 fully saturated rings. The van der Waals surface area contributed by atoms with Gasteiger partial charge in [0.25, 0.3) is 0 Å². The lowest BCUT2D eigenvalue weighted by Gasteiger charge is -2.16. The van der Waals surface area contributed by atoms with Crippen molar-refractivity contribution in [3.8, 4) is 11.5 Å². The number of hydrogen-bond acceptors (Lipinski definition) is 4. The minimum Gasteiger partial charge on any atom is -0.441 e. The van der Waals surface area contributed by atoms with E-state index in [1.54, 1.807) is 0 Å². The van der Waals surface area contributed by atoms with Gasteiger partial charge in [0.2, 0.25) is 5.89 Å². The monoisotopic (exact) mass is 345 g/mol. The van der Waals surface area contributed by atoms with Crippen LogP contribution in [0.3, 0.4) is 0 Å². The van der Waals surface area contributed by atoms with E-state index in [2.05, 4.69) is 22.5 Å². The number of carbonyl (C=O) groups is 1. The molecule has 1 atom stereocenters. The van der Waals surface area contributed by atoms with E-state index in [0.29, 0.717) is 30.5 Å². The van der Waals surface area contributed by atoms with Gasteiger partial charge in [0.05, 0.1) is 5.69 Å². The number of aromatic nitrogens is 1. The predicted molar refractivity (Wildman–Crippen MR) is 98.5 cm³/mol. The van der Waals surface area contributed by atoms with Gasteiger partial charge in [-0.15, -0.1) is 0 Å². The first-order valence-corrected chi connectivity index (χ1v) is 8.73. The maximum absolute atomic E-state index is 12.1. The molecule has 6 nitrogen and oxygen atoms in total. The van der Waals surface area contributed by atoms with Crippen molar-refractivity contribution in [2.24, 2.45) is 5.92 Å². The van der Waals surface area contributed by atoms with Gasteiger partial charge in [-0.05, 0) is 50.8 Å². The lowest BCUT2D eigenvalue weighted by atomic mass is 10.0. The smallest absolute Gasteiger partial charge is 0.319 e. The van der Waals surface area contributed by atoms with Crippen molar-refractivity contribution in [3.63, 3.8) is 0 Å². The van der Waals surface area contributed by atoms with Crippen LogP contribution < -0.4 is 10.6 Å². The summed E-state index contributed by atoms with van der Waals surface area (Å²) >= 11 is 0. The molecule has 2 aromatic rings. The highest BCUT2D eigenvalue weighted by atomic mass is 16.4. The lowest BCUT2D eigenvalue weighted by Crippen LogP contribution is -2.33. The number of benzene rings is 1. The Morgan fingerprint density at radius 3 is 2.76 bits per heavy atom. The second-order valence-electron chi connectivity index (χ2n) is 6.24. The maximum Gasteiger partial charge on any atom is 0.319 e. The average Bonchev–Trinajstić information content (AvgIpc) is 2.92. The molecule has 1 heterocycles. The van der Waals surface area contributed by atoms with Crippen LogP contribution in [-0.2, 0) is 0 Å². The molecular formula is C19H27N3O3. The first-order chi connectivity index (χ1) is 12.0. The molecule has 0 spiro atoms. The third-order valence-corrected chi connectivity index (χ3v) is 4.18. The Bertz CT molecular complexity index is 671. The van der Waals surface area contributed by atoms with Crippen molar-refractivity contribution < 1.29 is 14.3 Å². The summed E-state index contributed by atoms with van der Waals surface area (Å²) in [6, 6.07) is 7.15. The Kier molecular flexibility index (Phi) is 7.01. The van der Waals surface area contributed by atoms with Gasteiger partial charge in [-0.3, -0.25) is 0 Å². The number of nitrogens with one attached hydrogen (secondary N) is 2. The molecule has 1 aromatic carbocycles. The average molecular weight is 345 g/mol. The molecular weight excluding hydrogens is 318 g/mol. The van der Waals surface area contributed by atoms with E-state index < -0.39 is 0 Å². The van der Waals surface area contributed by atoms with Crippen LogP contribution in [0.1, 0.15) is 37.6 Å². The van der Waals surface area contributed by atoms with E-state index in [0.717, 1.165) is 29.9 Å². The SMILES string of the molecule is CCCC(CCO)CNC(=O)Nc1cccc(-c2nc(C)c(C)o2)c1. The Labute approximate surface area is 148 Å². The molecule has 3 N–H and O–H groups in total. The number of anilines is 1. The van der Waals surface area contributed by atoms with Crippen molar-refractivity contribution >= 4 is 11.7 Å². The predicted octanol–water partition coefficient (Wildman–Crippen LogP) is 3.88. The highest BCUT2D eigenvalue weighted by Crippen LogP contribution is 2.24. The van der Waals surface area contributed by atoms with Crippen molar-refractivity contribution in [3.05, 3.63) is 35.7 Å². The second-order valence-corrected chi connectivity index (χ2v) is 6.24. The second kappa shape index (κ2) is 9.22. The molecule has 2 rings (SSSR count). The Hall–Kier alpha value is -2.34. The Morgan fingerprint density at radius 2 is 2.12 bits per heavy atom. The van der Waals surface area contributed by atoms with Gasteiger partial charge in [0.1, 0.15) is 5.76 Å². The molecule has 1 unspecified atom stereocenters. The van der Waals surface area contributed by atoms with E-state index in [1.807, 2.05) is 38.1 Å². The number of nitrogens with zero attached hydrogens (tertiary/aromatic N) is 1. The number of oxazole rings is 1. The standard InChI is InChI=1S/C19H27N3O3/c1-4-6-15(9-10-23)12-20-19(24)22-17-8-5-7-16(11-17)18-21-13(2)14(3)25-18/h5,7-8,11,15,23H,4,6,9-10,12H2,1-3H3,(H2,20,22,24). The number of aliphatic hydroxyl groups is 1. The van der Waals surface area contributed by atoms with Crippen LogP contribution >= 0.6 is 0 Å². The molecule has 136 valence electrons. The van der Waals surface area contributed by atoms with Gasteiger partial charge < -0.3 is 20.2 Å². The zero-order valence-corrected chi connectivity index (χ0v) is 15.1. The fourth-order valence-corrected chi connectivity index (χ4v) is 2.68. The Morgan fingerprint density at radius 1 is 1.32 bits per heavy atom. The van der Waals surface area contributed by atoms with E-state index in [1.165, 1.54) is 0 Å². The summed E-state index contributed by atoms with van der Waals surface area (Å²) in [4.78, 5) is 16.5. The van der Waals surface area contributed by atoms with Gasteiger partial charge in [0, 0.05) is 24.4 Å². The van der Waals surface area contributed by atoms with Crippen LogP contribution in [-0.4, -0.2) is 29.3 Å². The largest absolute Gasteiger partial charge is 0.441 e. The normalized spacial score (nSPS) is 12.0. The van der Waals surface area contributed by atoms with Gasteiger partial charge in [-0.2, -0.15) is 0 Å². The summed E-state index contributed by atoms with van der Waals surface area (Å²) < 4.78 is 5.63. The number of hydrogen-bond donors (Lipinski definition) is 3. The van der Waals surface area contributed by atoms with Gasteiger partial charge in [0.15, 0.2) is 0 Å². The summed E-state index contributed by atoms with van der Waals surface area (Å²) in [7, 11) is 0. The topological polar surface area (TPSA) is 87.4 Å². The molecule has 1 aromatic heterocycles. The van der Waals surface area contributed by atoms with Crippen LogP contribution in [0.2, 0.25) is 0 Å². The number of amides is 2. The highest BCUT2D eigenvalue weighted by Gasteiger charge is 2.11. The minimum absolute atomic E-state index is 0.144. The number of carbonyl (C=O) groups excluding carboxylic acids is 1. The van der Waals surface area contributed by atoms with E-state index >= 15 is 0 Å². The Balaban J connectivity index is 1.95. The first-order valence-electron chi connectivity index (χ1n) is 8.73. The highest BCUT2D eigenvalue weighted by molar-refractivity contribution is 5.89. The van der Waals surface area contributed by atoms with Gasteiger partial charge in [-0.1, -0.05) is 19.4 Å². The number of urea groups is 1. The van der Waals surface area contributed by atoms with E-state index in [9.17, 15) is 4.79 Å². The fourth-order valence-electron chi connectivity index (χ4n) is 2.68. The van der Waals surface area contributed by atoms with Crippen LogP contribution in [0.4, 0.5) is 10.5 Å². The van der Waals surface area contributed by atoms with E-state index in [-0.39, 0.29) is 12.6 Å². The summed E-state index contributed by atoms with van der Waals surface area (Å²) in [5, 5.41) is 14.8. The molecule has 0 aliphatic heterocycles. The zero-order chi connectivity index (χ0) is 18.2. The molecule has 0 aliphatic rings. The molecule has 0 aliphatic carbocycles. The van der Waals surface area contributed by atoms with Crippen molar-refractivity contribution in [2.75, 3.05) is 18.5 Å². The zero-order valence-electron chi connectivity index (χ0n) is 15.1. The number of aryl methyl sites for hydroxylation is 2. The minimum atomic E-state index is -0.254. The number of rotatable bonds is 8. The molecule has 2 amide bonds. The van der Waals surface area contributed by atoms with Crippen LogP contribution in [0.25, 0.3) is 11.5 Å². The molecule has 25 heavy (non-hydrogen) atoms. The summed E-state index contributed by atoms with van der Waals surface area (Å²) in [6.07, 6.45) is 2.72. The summed E-state index contributed by atoms with van der Waals surface area (Å²) in [5.41, 5.74) is 2.35. The van der Waals surface area contributed by atoms with E-state index in [4.69, 9.17) is 9.52 Å². The lowest BCUT2D eigenvalue weighted by molar-refractivity contribution is 0.237.